The SMILES string of the molecule is C=C(C)C(=O)OCCCC1=Cc2ccc3cc(OC(=O)C(=C)C)ccc3c2CC1. The Bertz CT molecular complexity index is 1030. The fourth-order valence-corrected chi connectivity index (χ4v) is 3.42. The van der Waals surface area contributed by atoms with Crippen LogP contribution in [0.5, 0.6) is 5.75 Å². The van der Waals surface area contributed by atoms with Crippen LogP contribution in [0, 0.1) is 0 Å². The minimum absolute atomic E-state index is 0.326. The topological polar surface area (TPSA) is 52.6 Å². The summed E-state index contributed by atoms with van der Waals surface area (Å²) in [5.41, 5.74) is 4.72. The van der Waals surface area contributed by atoms with Crippen LogP contribution in [0.1, 0.15) is 44.2 Å². The van der Waals surface area contributed by atoms with Crippen molar-refractivity contribution in [1.82, 2.24) is 0 Å². The maximum atomic E-state index is 11.7. The summed E-state index contributed by atoms with van der Waals surface area (Å²) in [6.45, 7) is 10.9. The van der Waals surface area contributed by atoms with Crippen LogP contribution in [0.25, 0.3) is 16.8 Å². The van der Waals surface area contributed by atoms with Crippen LogP contribution in [-0.2, 0) is 20.7 Å². The second-order valence-electron chi connectivity index (χ2n) is 7.51. The summed E-state index contributed by atoms with van der Waals surface area (Å²) in [7, 11) is 0. The van der Waals surface area contributed by atoms with Crippen molar-refractivity contribution in [2.24, 2.45) is 0 Å². The van der Waals surface area contributed by atoms with Crippen LogP contribution >= 0.6 is 0 Å². The highest BCUT2D eigenvalue weighted by Gasteiger charge is 2.15. The molecule has 2 aromatic rings. The minimum Gasteiger partial charge on any atom is -0.462 e. The molecule has 0 unspecified atom stereocenters. The molecule has 4 nitrogen and oxygen atoms in total. The molecule has 0 radical (unpaired) electrons. The molecule has 0 atom stereocenters. The van der Waals surface area contributed by atoms with E-state index in [1.807, 2.05) is 18.2 Å². The summed E-state index contributed by atoms with van der Waals surface area (Å²) in [5, 5.41) is 2.24. The van der Waals surface area contributed by atoms with Crippen molar-refractivity contribution in [3.05, 3.63) is 71.3 Å². The monoisotopic (exact) mass is 390 g/mol. The summed E-state index contributed by atoms with van der Waals surface area (Å²) in [5.74, 6) is -0.210. The Balaban J connectivity index is 1.70. The second-order valence-corrected chi connectivity index (χ2v) is 7.51. The summed E-state index contributed by atoms with van der Waals surface area (Å²) in [6.07, 6.45) is 5.93. The first-order chi connectivity index (χ1) is 13.8. The Kier molecular flexibility index (Phi) is 6.32. The van der Waals surface area contributed by atoms with Gasteiger partial charge in [-0.25, -0.2) is 9.59 Å². The van der Waals surface area contributed by atoms with E-state index in [-0.39, 0.29) is 5.97 Å². The molecule has 0 amide bonds. The number of fused-ring (bicyclic) bond motifs is 3. The van der Waals surface area contributed by atoms with Gasteiger partial charge >= 0.3 is 11.9 Å². The molecule has 0 bridgehead atoms. The third-order valence-corrected chi connectivity index (χ3v) is 4.98. The largest absolute Gasteiger partial charge is 0.462 e. The normalized spacial score (nSPS) is 12.7. The van der Waals surface area contributed by atoms with Gasteiger partial charge in [0, 0.05) is 11.1 Å². The van der Waals surface area contributed by atoms with Gasteiger partial charge in [-0.15, -0.1) is 0 Å². The van der Waals surface area contributed by atoms with Gasteiger partial charge in [0.25, 0.3) is 0 Å². The van der Waals surface area contributed by atoms with Crippen molar-refractivity contribution >= 4 is 28.8 Å². The molecule has 0 aromatic heterocycles. The molecular formula is C25H26O4. The van der Waals surface area contributed by atoms with E-state index in [9.17, 15) is 9.59 Å². The van der Waals surface area contributed by atoms with Crippen molar-refractivity contribution in [3.63, 3.8) is 0 Å². The number of carbonyl (C=O) groups excluding carboxylic acids is 2. The van der Waals surface area contributed by atoms with Crippen LogP contribution < -0.4 is 4.74 Å². The zero-order valence-electron chi connectivity index (χ0n) is 17.0. The highest BCUT2D eigenvalue weighted by Crippen LogP contribution is 2.33. The lowest BCUT2D eigenvalue weighted by Gasteiger charge is -2.19. The standard InChI is InChI=1S/C25H26O4/c1-16(2)24(26)28-13-5-6-18-7-11-22-19(14-18)8-9-20-15-21(10-12-23(20)22)29-25(27)17(3)4/h8-10,12,14-15H,1,3,5-7,11,13H2,2,4H3. The Hall–Kier alpha value is -3.14. The molecule has 2 aromatic carbocycles. The van der Waals surface area contributed by atoms with E-state index < -0.39 is 5.97 Å². The summed E-state index contributed by atoms with van der Waals surface area (Å²) >= 11 is 0. The fraction of sp³-hybridized carbons (Fsp3) is 0.280. The van der Waals surface area contributed by atoms with Crippen LogP contribution in [0.2, 0.25) is 0 Å². The van der Waals surface area contributed by atoms with Crippen molar-refractivity contribution < 1.29 is 19.1 Å². The molecule has 0 saturated heterocycles. The first-order valence-electron chi connectivity index (χ1n) is 9.80. The van der Waals surface area contributed by atoms with Gasteiger partial charge in [0.1, 0.15) is 5.75 Å². The average Bonchev–Trinajstić information content (AvgIpc) is 2.70. The van der Waals surface area contributed by atoms with Crippen LogP contribution in [0.4, 0.5) is 0 Å². The highest BCUT2D eigenvalue weighted by molar-refractivity contribution is 5.93. The molecule has 0 fully saturated rings. The maximum absolute atomic E-state index is 11.7. The molecule has 150 valence electrons. The first-order valence-corrected chi connectivity index (χ1v) is 9.80. The van der Waals surface area contributed by atoms with Crippen molar-refractivity contribution in [3.8, 4) is 5.75 Å². The number of carbonyl (C=O) groups is 2. The molecule has 0 saturated carbocycles. The van der Waals surface area contributed by atoms with Gasteiger partial charge < -0.3 is 9.47 Å². The molecular weight excluding hydrogens is 364 g/mol. The Morgan fingerprint density at radius 2 is 1.76 bits per heavy atom. The number of hydrogen-bond donors (Lipinski definition) is 0. The summed E-state index contributed by atoms with van der Waals surface area (Å²) in [6, 6.07) is 9.91. The van der Waals surface area contributed by atoms with Gasteiger partial charge in [-0.1, -0.05) is 43.0 Å². The number of rotatable bonds is 7. The van der Waals surface area contributed by atoms with Crippen molar-refractivity contribution in [2.45, 2.75) is 39.5 Å². The van der Waals surface area contributed by atoms with Gasteiger partial charge in [0.2, 0.25) is 0 Å². The number of benzene rings is 2. The van der Waals surface area contributed by atoms with Gasteiger partial charge in [0.15, 0.2) is 0 Å². The summed E-state index contributed by atoms with van der Waals surface area (Å²) in [4.78, 5) is 23.2. The van der Waals surface area contributed by atoms with Crippen molar-refractivity contribution in [2.75, 3.05) is 6.61 Å². The molecule has 3 rings (SSSR count). The average molecular weight is 390 g/mol. The second kappa shape index (κ2) is 8.91. The van der Waals surface area contributed by atoms with E-state index in [0.29, 0.717) is 23.5 Å². The highest BCUT2D eigenvalue weighted by atomic mass is 16.5. The zero-order chi connectivity index (χ0) is 21.0. The molecule has 0 spiro atoms. The molecule has 0 aliphatic heterocycles. The zero-order valence-corrected chi connectivity index (χ0v) is 17.0. The van der Waals surface area contributed by atoms with E-state index in [1.54, 1.807) is 13.8 Å². The van der Waals surface area contributed by atoms with Gasteiger partial charge in [-0.05, 0) is 73.6 Å². The van der Waals surface area contributed by atoms with E-state index in [1.165, 1.54) is 22.1 Å². The quantitative estimate of drug-likeness (QED) is 0.269. The Morgan fingerprint density at radius 3 is 2.48 bits per heavy atom. The van der Waals surface area contributed by atoms with E-state index in [2.05, 4.69) is 31.4 Å². The van der Waals surface area contributed by atoms with Gasteiger partial charge in [-0.3, -0.25) is 0 Å². The molecule has 1 aliphatic carbocycles. The number of ether oxygens (including phenoxy) is 2. The molecule has 1 aliphatic rings. The van der Waals surface area contributed by atoms with Crippen molar-refractivity contribution in [1.29, 1.82) is 0 Å². The number of aryl methyl sites for hydroxylation is 1. The lowest BCUT2D eigenvalue weighted by atomic mass is 9.87. The Labute approximate surface area is 171 Å². The fourth-order valence-electron chi connectivity index (χ4n) is 3.42. The van der Waals surface area contributed by atoms with E-state index >= 15 is 0 Å². The number of hydrogen-bond acceptors (Lipinski definition) is 4. The summed E-state index contributed by atoms with van der Waals surface area (Å²) < 4.78 is 10.5. The molecule has 4 heteroatoms. The van der Waals surface area contributed by atoms with Crippen LogP contribution in [-0.4, -0.2) is 18.5 Å². The van der Waals surface area contributed by atoms with Gasteiger partial charge in [-0.2, -0.15) is 0 Å². The first kappa shape index (κ1) is 20.6. The lowest BCUT2D eigenvalue weighted by Crippen LogP contribution is -2.08. The smallest absolute Gasteiger partial charge is 0.338 e. The van der Waals surface area contributed by atoms with E-state index in [4.69, 9.17) is 9.47 Å². The van der Waals surface area contributed by atoms with E-state index in [0.717, 1.165) is 31.1 Å². The van der Waals surface area contributed by atoms with Crippen LogP contribution in [0.15, 0.2) is 60.2 Å². The van der Waals surface area contributed by atoms with Gasteiger partial charge in [0.05, 0.1) is 6.61 Å². The number of allylic oxidation sites excluding steroid dienone is 1. The third-order valence-electron chi connectivity index (χ3n) is 4.98. The molecule has 0 heterocycles. The Morgan fingerprint density at radius 1 is 1.00 bits per heavy atom. The third kappa shape index (κ3) is 5.02. The molecule has 0 N–H and O–H groups in total. The predicted molar refractivity (Wildman–Crippen MR) is 116 cm³/mol. The maximum Gasteiger partial charge on any atom is 0.338 e. The number of esters is 2. The molecule has 29 heavy (non-hydrogen) atoms. The minimum atomic E-state index is -0.413. The lowest BCUT2D eigenvalue weighted by molar-refractivity contribution is -0.139. The predicted octanol–water partition coefficient (Wildman–Crippen LogP) is 5.55. The van der Waals surface area contributed by atoms with Crippen LogP contribution in [0.3, 0.4) is 0 Å².